The van der Waals surface area contributed by atoms with Crippen LogP contribution in [-0.2, 0) is 13.0 Å². The van der Waals surface area contributed by atoms with Crippen molar-refractivity contribution < 1.29 is 13.2 Å². The molecule has 4 heteroatoms. The number of hydrogen-bond acceptors (Lipinski definition) is 2. The molecule has 0 aliphatic heterocycles. The zero-order valence-electron chi connectivity index (χ0n) is 10.8. The van der Waals surface area contributed by atoms with E-state index in [-0.39, 0.29) is 5.58 Å². The van der Waals surface area contributed by atoms with Crippen molar-refractivity contribution in [2.75, 3.05) is 7.05 Å². The summed E-state index contributed by atoms with van der Waals surface area (Å²) in [5, 5.41) is 3.53. The largest absolute Gasteiger partial charge is 0.456 e. The minimum absolute atomic E-state index is 0.150. The lowest BCUT2D eigenvalue weighted by Crippen LogP contribution is -2.07. The highest BCUT2D eigenvalue weighted by Crippen LogP contribution is 2.30. The van der Waals surface area contributed by atoms with Crippen molar-refractivity contribution in [2.24, 2.45) is 5.92 Å². The van der Waals surface area contributed by atoms with Gasteiger partial charge in [0.05, 0.1) is 6.54 Å². The summed E-state index contributed by atoms with van der Waals surface area (Å²) in [4.78, 5) is 0. The van der Waals surface area contributed by atoms with Crippen LogP contribution in [0, 0.1) is 17.6 Å². The van der Waals surface area contributed by atoms with E-state index < -0.39 is 11.6 Å². The second-order valence-corrected chi connectivity index (χ2v) is 4.90. The molecular weight excluding hydrogens is 236 g/mol. The van der Waals surface area contributed by atoms with E-state index >= 15 is 0 Å². The van der Waals surface area contributed by atoms with E-state index in [4.69, 9.17) is 4.42 Å². The molecule has 2 nitrogen and oxygen atoms in total. The van der Waals surface area contributed by atoms with Gasteiger partial charge in [-0.25, -0.2) is 8.78 Å². The Bertz CT molecular complexity index is 560. The second-order valence-electron chi connectivity index (χ2n) is 4.90. The van der Waals surface area contributed by atoms with Gasteiger partial charge in [0.1, 0.15) is 11.6 Å². The van der Waals surface area contributed by atoms with Gasteiger partial charge in [-0.1, -0.05) is 13.8 Å². The van der Waals surface area contributed by atoms with Gasteiger partial charge in [0.25, 0.3) is 0 Å². The van der Waals surface area contributed by atoms with Gasteiger partial charge in [-0.15, -0.1) is 0 Å². The zero-order valence-corrected chi connectivity index (χ0v) is 10.8. The molecule has 0 fully saturated rings. The third kappa shape index (κ3) is 2.38. The molecule has 1 aromatic carbocycles. The molecule has 0 aliphatic rings. The summed E-state index contributed by atoms with van der Waals surface area (Å²) in [6.07, 6.45) is 0.743. The maximum Gasteiger partial charge on any atom is 0.170 e. The lowest BCUT2D eigenvalue weighted by molar-refractivity contribution is 0.494. The predicted octanol–water partition coefficient (Wildman–Crippen LogP) is 3.63. The van der Waals surface area contributed by atoms with Crippen LogP contribution in [0.15, 0.2) is 16.5 Å². The monoisotopic (exact) mass is 253 g/mol. The first-order chi connectivity index (χ1) is 8.52. The van der Waals surface area contributed by atoms with Crippen LogP contribution in [0.5, 0.6) is 0 Å². The normalized spacial score (nSPS) is 11.7. The molecule has 2 rings (SSSR count). The lowest BCUT2D eigenvalue weighted by atomic mass is 9.99. The molecule has 1 heterocycles. The Morgan fingerprint density at radius 3 is 2.61 bits per heavy atom. The van der Waals surface area contributed by atoms with Crippen LogP contribution >= 0.6 is 0 Å². The third-order valence-corrected chi connectivity index (χ3v) is 2.85. The van der Waals surface area contributed by atoms with Gasteiger partial charge >= 0.3 is 0 Å². The van der Waals surface area contributed by atoms with Gasteiger partial charge in [-0.2, -0.15) is 0 Å². The van der Waals surface area contributed by atoms with E-state index in [1.165, 1.54) is 6.07 Å². The average Bonchev–Trinajstić information content (AvgIpc) is 2.58. The standard InChI is InChI=1S/C14H17F2NO/c1-8(2)4-10-11-5-9(15)6-12(16)14(11)18-13(10)7-17-3/h5-6,8,17H,4,7H2,1-3H3. The van der Waals surface area contributed by atoms with Crippen molar-refractivity contribution in [1.29, 1.82) is 0 Å². The summed E-state index contributed by atoms with van der Waals surface area (Å²) in [5.41, 5.74) is 1.05. The number of fused-ring (bicyclic) bond motifs is 1. The molecule has 0 bridgehead atoms. The number of nitrogens with one attached hydrogen (secondary N) is 1. The molecule has 1 aromatic heterocycles. The minimum Gasteiger partial charge on any atom is -0.456 e. The van der Waals surface area contributed by atoms with Gasteiger partial charge in [0, 0.05) is 17.0 Å². The van der Waals surface area contributed by atoms with Crippen LogP contribution in [0.4, 0.5) is 8.78 Å². The Labute approximate surface area is 105 Å². The van der Waals surface area contributed by atoms with Crippen LogP contribution in [-0.4, -0.2) is 7.05 Å². The Morgan fingerprint density at radius 1 is 1.28 bits per heavy atom. The van der Waals surface area contributed by atoms with E-state index in [0.29, 0.717) is 23.6 Å². The molecule has 0 spiro atoms. The van der Waals surface area contributed by atoms with E-state index in [1.807, 2.05) is 0 Å². The zero-order chi connectivity index (χ0) is 13.3. The van der Waals surface area contributed by atoms with Crippen molar-refractivity contribution in [3.63, 3.8) is 0 Å². The Kier molecular flexibility index (Phi) is 3.66. The van der Waals surface area contributed by atoms with Gasteiger partial charge in [-0.3, -0.25) is 0 Å². The summed E-state index contributed by atoms with van der Waals surface area (Å²) >= 11 is 0. The van der Waals surface area contributed by atoms with E-state index in [2.05, 4.69) is 19.2 Å². The van der Waals surface area contributed by atoms with Crippen LogP contribution in [0.1, 0.15) is 25.2 Å². The first-order valence-corrected chi connectivity index (χ1v) is 6.06. The fourth-order valence-corrected chi connectivity index (χ4v) is 2.16. The number of hydrogen-bond donors (Lipinski definition) is 1. The highest BCUT2D eigenvalue weighted by molar-refractivity contribution is 5.83. The molecular formula is C14H17F2NO. The molecule has 0 amide bonds. The van der Waals surface area contributed by atoms with Gasteiger partial charge in [0.2, 0.25) is 0 Å². The average molecular weight is 253 g/mol. The first-order valence-electron chi connectivity index (χ1n) is 6.06. The second kappa shape index (κ2) is 5.06. The molecule has 0 saturated heterocycles. The fraction of sp³-hybridized carbons (Fsp3) is 0.429. The minimum atomic E-state index is -0.641. The molecule has 0 radical (unpaired) electrons. The smallest absolute Gasteiger partial charge is 0.170 e. The number of halogens is 2. The SMILES string of the molecule is CNCc1oc2c(F)cc(F)cc2c1CC(C)C. The van der Waals surface area contributed by atoms with E-state index in [0.717, 1.165) is 18.1 Å². The summed E-state index contributed by atoms with van der Waals surface area (Å²) in [6, 6.07) is 2.20. The summed E-state index contributed by atoms with van der Waals surface area (Å²) < 4.78 is 32.5. The van der Waals surface area contributed by atoms with Crippen molar-refractivity contribution in [2.45, 2.75) is 26.8 Å². The molecule has 18 heavy (non-hydrogen) atoms. The summed E-state index contributed by atoms with van der Waals surface area (Å²) in [5.74, 6) is -0.127. The molecule has 0 saturated carbocycles. The first kappa shape index (κ1) is 13.0. The molecule has 0 aliphatic carbocycles. The van der Waals surface area contributed by atoms with Crippen molar-refractivity contribution in [3.05, 3.63) is 35.1 Å². The van der Waals surface area contributed by atoms with E-state index in [9.17, 15) is 8.78 Å². The Hall–Kier alpha value is -1.42. The maximum atomic E-state index is 13.7. The number of furan rings is 1. The molecule has 0 atom stereocenters. The van der Waals surface area contributed by atoms with Crippen LogP contribution in [0.3, 0.4) is 0 Å². The van der Waals surface area contributed by atoms with Crippen LogP contribution in [0.2, 0.25) is 0 Å². The Morgan fingerprint density at radius 2 is 2.00 bits per heavy atom. The van der Waals surface area contributed by atoms with Crippen molar-refractivity contribution in [3.8, 4) is 0 Å². The predicted molar refractivity (Wildman–Crippen MR) is 67.4 cm³/mol. The summed E-state index contributed by atoms with van der Waals surface area (Å²) in [6.45, 7) is 4.65. The summed E-state index contributed by atoms with van der Waals surface area (Å²) in [7, 11) is 1.79. The number of rotatable bonds is 4. The van der Waals surface area contributed by atoms with E-state index in [1.54, 1.807) is 7.05 Å². The van der Waals surface area contributed by atoms with Crippen LogP contribution in [0.25, 0.3) is 11.0 Å². The molecule has 98 valence electrons. The highest BCUT2D eigenvalue weighted by atomic mass is 19.1. The number of benzene rings is 1. The molecule has 1 N–H and O–H groups in total. The highest BCUT2D eigenvalue weighted by Gasteiger charge is 2.18. The lowest BCUT2D eigenvalue weighted by Gasteiger charge is -2.05. The topological polar surface area (TPSA) is 25.2 Å². The third-order valence-electron chi connectivity index (χ3n) is 2.85. The fourth-order valence-electron chi connectivity index (χ4n) is 2.16. The van der Waals surface area contributed by atoms with Gasteiger partial charge in [-0.05, 0) is 25.5 Å². The van der Waals surface area contributed by atoms with Crippen molar-refractivity contribution in [1.82, 2.24) is 5.32 Å². The Balaban J connectivity index is 2.64. The van der Waals surface area contributed by atoms with Gasteiger partial charge < -0.3 is 9.73 Å². The van der Waals surface area contributed by atoms with Crippen molar-refractivity contribution >= 4 is 11.0 Å². The molecule has 0 unspecified atom stereocenters. The van der Waals surface area contributed by atoms with Gasteiger partial charge in [0.15, 0.2) is 11.4 Å². The maximum absolute atomic E-state index is 13.7. The quantitative estimate of drug-likeness (QED) is 0.900. The molecule has 2 aromatic rings. The van der Waals surface area contributed by atoms with Crippen LogP contribution < -0.4 is 5.32 Å².